The van der Waals surface area contributed by atoms with E-state index in [2.05, 4.69) is 10.4 Å². The van der Waals surface area contributed by atoms with Crippen molar-refractivity contribution >= 4 is 23.5 Å². The molecule has 0 spiro atoms. The first-order valence-corrected chi connectivity index (χ1v) is 7.29. The molecule has 2 N–H and O–H groups in total. The maximum Gasteiger partial charge on any atom is 0.326 e. The summed E-state index contributed by atoms with van der Waals surface area (Å²) in [6.45, 7) is 1.56. The fraction of sp³-hybridized carbons (Fsp3) is 0.267. The summed E-state index contributed by atoms with van der Waals surface area (Å²) >= 11 is 5.80. The number of carboxylic acid groups (broad SMARTS) is 1. The molecule has 1 aromatic heterocycles. The summed E-state index contributed by atoms with van der Waals surface area (Å²) in [4.78, 5) is 23.1. The lowest BCUT2D eigenvalue weighted by Gasteiger charge is -2.13. The summed E-state index contributed by atoms with van der Waals surface area (Å²) in [5.41, 5.74) is 1.08. The quantitative estimate of drug-likeness (QED) is 0.832. The number of amides is 1. The maximum atomic E-state index is 12.4. The number of carbonyl (C=O) groups excluding carboxylic acids is 1. The number of hydrogen-bond donors (Lipinski definition) is 2. The Morgan fingerprint density at radius 3 is 2.50 bits per heavy atom. The fourth-order valence-corrected chi connectivity index (χ4v) is 2.17. The summed E-state index contributed by atoms with van der Waals surface area (Å²) in [7, 11) is 0. The third-order valence-electron chi connectivity index (χ3n) is 3.25. The Bertz CT molecular complexity index is 747. The van der Waals surface area contributed by atoms with Gasteiger partial charge in [-0.3, -0.25) is 4.79 Å². The number of nitrogens with zero attached hydrogens (tertiary/aromatic N) is 2. The van der Waals surface area contributed by atoms with Gasteiger partial charge in [0.05, 0.1) is 16.9 Å². The smallest absolute Gasteiger partial charge is 0.326 e. The van der Waals surface area contributed by atoms with Gasteiger partial charge in [-0.2, -0.15) is 5.10 Å². The van der Waals surface area contributed by atoms with Crippen LogP contribution in [0.15, 0.2) is 30.5 Å². The van der Waals surface area contributed by atoms with Crippen LogP contribution >= 0.6 is 11.6 Å². The van der Waals surface area contributed by atoms with Crippen molar-refractivity contribution in [2.24, 2.45) is 0 Å². The third kappa shape index (κ3) is 4.29. The molecule has 2 rings (SSSR count). The van der Waals surface area contributed by atoms with Crippen LogP contribution in [0.5, 0.6) is 0 Å². The Morgan fingerprint density at radius 1 is 1.33 bits per heavy atom. The Balaban J connectivity index is 2.21. The van der Waals surface area contributed by atoms with Crippen LogP contribution < -0.4 is 5.32 Å². The van der Waals surface area contributed by atoms with Gasteiger partial charge in [0.2, 0.25) is 6.43 Å². The molecule has 0 saturated carbocycles. The van der Waals surface area contributed by atoms with Crippen LogP contribution in [0.25, 0.3) is 5.69 Å². The Labute approximate surface area is 141 Å². The van der Waals surface area contributed by atoms with E-state index in [4.69, 9.17) is 16.7 Å². The zero-order chi connectivity index (χ0) is 17.9. The summed E-state index contributed by atoms with van der Waals surface area (Å²) in [6.07, 6.45) is -2.41. The highest BCUT2D eigenvalue weighted by Crippen LogP contribution is 2.16. The number of benzene rings is 1. The molecule has 1 unspecified atom stereocenters. The van der Waals surface area contributed by atoms with Crippen LogP contribution in [-0.4, -0.2) is 39.2 Å². The lowest BCUT2D eigenvalue weighted by atomic mass is 10.2. The summed E-state index contributed by atoms with van der Waals surface area (Å²) in [6, 6.07) is 5.00. The zero-order valence-corrected chi connectivity index (χ0v) is 13.3. The SMILES string of the molecule is Cc1nn(-c2ccc(Cl)cc2)cc1C(=O)NC(CC(F)F)C(=O)O. The van der Waals surface area contributed by atoms with Crippen molar-refractivity contribution in [3.63, 3.8) is 0 Å². The largest absolute Gasteiger partial charge is 0.480 e. The van der Waals surface area contributed by atoms with Gasteiger partial charge in [-0.15, -0.1) is 0 Å². The average Bonchev–Trinajstić information content (AvgIpc) is 2.88. The van der Waals surface area contributed by atoms with Crippen LogP contribution in [0.3, 0.4) is 0 Å². The molecule has 0 bridgehead atoms. The minimum absolute atomic E-state index is 0.102. The number of nitrogens with one attached hydrogen (secondary N) is 1. The van der Waals surface area contributed by atoms with Crippen LogP contribution in [0.4, 0.5) is 8.78 Å². The monoisotopic (exact) mass is 357 g/mol. The van der Waals surface area contributed by atoms with E-state index in [0.717, 1.165) is 0 Å². The van der Waals surface area contributed by atoms with Gasteiger partial charge >= 0.3 is 5.97 Å². The van der Waals surface area contributed by atoms with E-state index in [1.165, 1.54) is 10.9 Å². The number of halogens is 3. The second-order valence-corrected chi connectivity index (χ2v) is 5.48. The minimum Gasteiger partial charge on any atom is -0.480 e. The number of aryl methyl sites for hydroxylation is 1. The number of carboxylic acids is 1. The van der Waals surface area contributed by atoms with Gasteiger partial charge in [0, 0.05) is 17.6 Å². The predicted octanol–water partition coefficient (Wildman–Crippen LogP) is 2.67. The van der Waals surface area contributed by atoms with Gasteiger partial charge in [0.25, 0.3) is 5.91 Å². The normalized spacial score (nSPS) is 12.2. The molecule has 1 amide bonds. The minimum atomic E-state index is -2.84. The summed E-state index contributed by atoms with van der Waals surface area (Å²) < 4.78 is 26.2. The van der Waals surface area contributed by atoms with Crippen molar-refractivity contribution in [1.29, 1.82) is 0 Å². The molecule has 1 aromatic carbocycles. The Hall–Kier alpha value is -2.48. The van der Waals surface area contributed by atoms with E-state index < -0.39 is 30.8 Å². The molecule has 0 radical (unpaired) electrons. The van der Waals surface area contributed by atoms with Crippen molar-refractivity contribution < 1.29 is 23.5 Å². The van der Waals surface area contributed by atoms with Crippen molar-refractivity contribution in [2.45, 2.75) is 25.8 Å². The van der Waals surface area contributed by atoms with Crippen molar-refractivity contribution in [3.8, 4) is 5.69 Å². The van der Waals surface area contributed by atoms with E-state index in [9.17, 15) is 18.4 Å². The second-order valence-electron chi connectivity index (χ2n) is 5.04. The van der Waals surface area contributed by atoms with Gasteiger partial charge in [-0.1, -0.05) is 11.6 Å². The number of hydrogen-bond acceptors (Lipinski definition) is 3. The van der Waals surface area contributed by atoms with Crippen molar-refractivity contribution in [3.05, 3.63) is 46.7 Å². The topological polar surface area (TPSA) is 84.2 Å². The Kier molecular flexibility index (Phi) is 5.50. The molecular weight excluding hydrogens is 344 g/mol. The molecule has 6 nitrogen and oxygen atoms in total. The molecule has 24 heavy (non-hydrogen) atoms. The third-order valence-corrected chi connectivity index (χ3v) is 3.50. The first-order valence-electron chi connectivity index (χ1n) is 6.92. The number of alkyl halides is 2. The standard InChI is InChI=1S/C15H14ClF2N3O3/c1-8-11(14(22)19-12(15(23)24)6-13(17)18)7-21(20-8)10-4-2-9(16)3-5-10/h2-5,7,12-13H,6H2,1H3,(H,19,22)(H,23,24). The number of rotatable bonds is 6. The molecule has 0 aliphatic rings. The molecule has 0 fully saturated rings. The number of aromatic nitrogens is 2. The van der Waals surface area contributed by atoms with Crippen LogP contribution in [-0.2, 0) is 4.79 Å². The van der Waals surface area contributed by atoms with Gasteiger partial charge < -0.3 is 10.4 Å². The first kappa shape index (κ1) is 17.9. The molecule has 2 aromatic rings. The highest BCUT2D eigenvalue weighted by Gasteiger charge is 2.26. The molecule has 1 heterocycles. The molecule has 9 heteroatoms. The van der Waals surface area contributed by atoms with Crippen LogP contribution in [0.1, 0.15) is 22.5 Å². The van der Waals surface area contributed by atoms with Crippen LogP contribution in [0, 0.1) is 6.92 Å². The highest BCUT2D eigenvalue weighted by atomic mass is 35.5. The lowest BCUT2D eigenvalue weighted by Crippen LogP contribution is -2.42. The van der Waals surface area contributed by atoms with E-state index >= 15 is 0 Å². The van der Waals surface area contributed by atoms with E-state index in [-0.39, 0.29) is 5.56 Å². The maximum absolute atomic E-state index is 12.4. The fourth-order valence-electron chi connectivity index (χ4n) is 2.04. The molecule has 1 atom stereocenters. The first-order chi connectivity index (χ1) is 11.3. The predicted molar refractivity (Wildman–Crippen MR) is 82.8 cm³/mol. The Morgan fingerprint density at radius 2 is 1.96 bits per heavy atom. The second kappa shape index (κ2) is 7.39. The molecule has 128 valence electrons. The van der Waals surface area contributed by atoms with E-state index in [1.54, 1.807) is 31.2 Å². The van der Waals surface area contributed by atoms with Crippen LogP contribution in [0.2, 0.25) is 5.02 Å². The average molecular weight is 358 g/mol. The number of aliphatic carboxylic acids is 1. The lowest BCUT2D eigenvalue weighted by molar-refractivity contribution is -0.140. The van der Waals surface area contributed by atoms with Crippen molar-refractivity contribution in [2.75, 3.05) is 0 Å². The van der Waals surface area contributed by atoms with Gasteiger partial charge in [0.1, 0.15) is 6.04 Å². The van der Waals surface area contributed by atoms with Gasteiger partial charge in [-0.25, -0.2) is 18.3 Å². The summed E-state index contributed by atoms with van der Waals surface area (Å²) in [5, 5.41) is 15.7. The van der Waals surface area contributed by atoms with Gasteiger partial charge in [-0.05, 0) is 31.2 Å². The molecule has 0 aliphatic heterocycles. The van der Waals surface area contributed by atoms with E-state index in [1.807, 2.05) is 0 Å². The zero-order valence-electron chi connectivity index (χ0n) is 12.5. The molecule has 0 aliphatic carbocycles. The van der Waals surface area contributed by atoms with Crippen molar-refractivity contribution in [1.82, 2.24) is 15.1 Å². The molecule has 0 saturated heterocycles. The van der Waals surface area contributed by atoms with E-state index in [0.29, 0.717) is 16.4 Å². The highest BCUT2D eigenvalue weighted by molar-refractivity contribution is 6.30. The number of carbonyl (C=O) groups is 2. The summed E-state index contributed by atoms with van der Waals surface area (Å²) in [5.74, 6) is -2.30. The van der Waals surface area contributed by atoms with Gasteiger partial charge in [0.15, 0.2) is 0 Å². The molecular formula is C15H14ClF2N3O3.